The van der Waals surface area contributed by atoms with Gasteiger partial charge in [-0.15, -0.1) is 0 Å². The van der Waals surface area contributed by atoms with Crippen molar-refractivity contribution in [2.24, 2.45) is 5.41 Å². The van der Waals surface area contributed by atoms with E-state index in [1.54, 1.807) is 12.1 Å². The first-order chi connectivity index (χ1) is 7.35. The van der Waals surface area contributed by atoms with E-state index in [4.69, 9.17) is 0 Å². The summed E-state index contributed by atoms with van der Waals surface area (Å²) in [4.78, 5) is 12.8. The number of benzene rings is 1. The fourth-order valence-electron chi connectivity index (χ4n) is 1.77. The Bertz CT molecular complexity index is 382. The zero-order valence-electron chi connectivity index (χ0n) is 10.2. The number of aldehydes is 1. The molecule has 0 aliphatic heterocycles. The molecule has 0 bridgehead atoms. The van der Waals surface area contributed by atoms with E-state index in [0.717, 1.165) is 6.54 Å². The maximum atomic E-state index is 13.4. The summed E-state index contributed by atoms with van der Waals surface area (Å²) in [5.74, 6) is -0.465. The molecule has 0 spiro atoms. The molecular formula is C13H18FNO. The van der Waals surface area contributed by atoms with Gasteiger partial charge >= 0.3 is 0 Å². The van der Waals surface area contributed by atoms with Crippen LogP contribution in [0.15, 0.2) is 18.2 Å². The minimum absolute atomic E-state index is 0.0984. The van der Waals surface area contributed by atoms with E-state index >= 15 is 0 Å². The Kier molecular flexibility index (Phi) is 3.68. The van der Waals surface area contributed by atoms with Gasteiger partial charge in [0.05, 0.1) is 5.56 Å². The predicted molar refractivity (Wildman–Crippen MR) is 64.5 cm³/mol. The lowest BCUT2D eigenvalue weighted by Gasteiger charge is -2.29. The minimum atomic E-state index is -0.465. The summed E-state index contributed by atoms with van der Waals surface area (Å²) in [5.41, 5.74) is 0.875. The highest BCUT2D eigenvalue weighted by atomic mass is 19.1. The van der Waals surface area contributed by atoms with E-state index in [0.29, 0.717) is 12.0 Å². The Morgan fingerprint density at radius 1 is 1.38 bits per heavy atom. The molecule has 0 fully saturated rings. The average molecular weight is 223 g/mol. The molecule has 0 saturated heterocycles. The highest BCUT2D eigenvalue weighted by Gasteiger charge is 2.17. The molecule has 0 unspecified atom stereocenters. The molecule has 0 radical (unpaired) electrons. The van der Waals surface area contributed by atoms with Gasteiger partial charge in [0.2, 0.25) is 0 Å². The quantitative estimate of drug-likeness (QED) is 0.734. The molecule has 3 heteroatoms. The van der Waals surface area contributed by atoms with Crippen molar-refractivity contribution < 1.29 is 9.18 Å². The van der Waals surface area contributed by atoms with Crippen LogP contribution in [0.2, 0.25) is 0 Å². The fourth-order valence-corrected chi connectivity index (χ4v) is 1.77. The molecule has 88 valence electrons. The van der Waals surface area contributed by atoms with Crippen molar-refractivity contribution in [3.8, 4) is 0 Å². The Morgan fingerprint density at radius 2 is 2.00 bits per heavy atom. The van der Waals surface area contributed by atoms with Gasteiger partial charge in [0.25, 0.3) is 0 Å². The molecule has 2 nitrogen and oxygen atoms in total. The van der Waals surface area contributed by atoms with E-state index in [9.17, 15) is 9.18 Å². The average Bonchev–Trinajstić information content (AvgIpc) is 2.14. The number of rotatable bonds is 3. The van der Waals surface area contributed by atoms with E-state index < -0.39 is 5.82 Å². The summed E-state index contributed by atoms with van der Waals surface area (Å²) in [7, 11) is 1.87. The van der Waals surface area contributed by atoms with Crippen LogP contribution in [-0.4, -0.2) is 19.9 Å². The van der Waals surface area contributed by atoms with E-state index in [2.05, 4.69) is 20.8 Å². The van der Waals surface area contributed by atoms with Crippen molar-refractivity contribution in [1.29, 1.82) is 0 Å². The lowest BCUT2D eigenvalue weighted by Crippen LogP contribution is -2.29. The second kappa shape index (κ2) is 4.64. The highest BCUT2D eigenvalue weighted by molar-refractivity contribution is 5.84. The summed E-state index contributed by atoms with van der Waals surface area (Å²) in [6.07, 6.45) is 0.573. The largest absolute Gasteiger partial charge is 0.373 e. The molecule has 16 heavy (non-hydrogen) atoms. The fraction of sp³-hybridized carbons (Fsp3) is 0.462. The van der Waals surface area contributed by atoms with Gasteiger partial charge in [-0.2, -0.15) is 0 Å². The predicted octanol–water partition coefficient (Wildman–Crippen LogP) is 3.12. The van der Waals surface area contributed by atoms with Crippen LogP contribution in [0.4, 0.5) is 10.1 Å². The third-order valence-corrected chi connectivity index (χ3v) is 2.27. The van der Waals surface area contributed by atoms with Crippen LogP contribution < -0.4 is 4.90 Å². The molecule has 0 atom stereocenters. The highest BCUT2D eigenvalue weighted by Crippen LogP contribution is 2.24. The third kappa shape index (κ3) is 3.05. The van der Waals surface area contributed by atoms with E-state index in [1.807, 2.05) is 11.9 Å². The van der Waals surface area contributed by atoms with Gasteiger partial charge < -0.3 is 4.90 Å². The topological polar surface area (TPSA) is 20.3 Å². The van der Waals surface area contributed by atoms with Gasteiger partial charge in [-0.1, -0.05) is 26.8 Å². The standard InChI is InChI=1S/C13H18FNO/c1-13(2,3)9-15(4)12-7-5-6-11(14)10(12)8-16/h5-8H,9H2,1-4H3. The van der Waals surface area contributed by atoms with E-state index in [1.165, 1.54) is 6.07 Å². The molecule has 1 aromatic rings. The molecular weight excluding hydrogens is 205 g/mol. The number of hydrogen-bond acceptors (Lipinski definition) is 2. The van der Waals surface area contributed by atoms with Crippen LogP contribution in [0, 0.1) is 11.2 Å². The lowest BCUT2D eigenvalue weighted by molar-refractivity contribution is 0.112. The van der Waals surface area contributed by atoms with Crippen LogP contribution in [0.3, 0.4) is 0 Å². The maximum absolute atomic E-state index is 13.4. The smallest absolute Gasteiger partial charge is 0.155 e. The van der Waals surface area contributed by atoms with Crippen LogP contribution in [0.25, 0.3) is 0 Å². The van der Waals surface area contributed by atoms with Crippen molar-refractivity contribution >= 4 is 12.0 Å². The second-order valence-electron chi connectivity index (χ2n) is 5.21. The van der Waals surface area contributed by atoms with Crippen LogP contribution in [-0.2, 0) is 0 Å². The Morgan fingerprint density at radius 3 is 2.50 bits per heavy atom. The first kappa shape index (κ1) is 12.7. The minimum Gasteiger partial charge on any atom is -0.373 e. The number of halogens is 1. The SMILES string of the molecule is CN(CC(C)(C)C)c1cccc(F)c1C=O. The molecule has 1 rings (SSSR count). The van der Waals surface area contributed by atoms with Gasteiger partial charge in [0.1, 0.15) is 5.82 Å². The van der Waals surface area contributed by atoms with Crippen LogP contribution in [0.5, 0.6) is 0 Å². The van der Waals surface area contributed by atoms with Crippen molar-refractivity contribution in [3.05, 3.63) is 29.6 Å². The molecule has 0 aromatic heterocycles. The third-order valence-electron chi connectivity index (χ3n) is 2.27. The molecule has 0 aliphatic rings. The maximum Gasteiger partial charge on any atom is 0.155 e. The second-order valence-corrected chi connectivity index (χ2v) is 5.21. The number of carbonyl (C=O) groups is 1. The normalized spacial score (nSPS) is 11.3. The van der Waals surface area contributed by atoms with E-state index in [-0.39, 0.29) is 11.0 Å². The van der Waals surface area contributed by atoms with Crippen molar-refractivity contribution in [1.82, 2.24) is 0 Å². The Balaban J connectivity index is 3.04. The molecule has 0 heterocycles. The van der Waals surface area contributed by atoms with Crippen molar-refractivity contribution in [2.75, 3.05) is 18.5 Å². The summed E-state index contributed by atoms with van der Waals surface area (Å²) >= 11 is 0. The number of hydrogen-bond donors (Lipinski definition) is 0. The van der Waals surface area contributed by atoms with Gasteiger partial charge in [0, 0.05) is 19.3 Å². The van der Waals surface area contributed by atoms with Crippen molar-refractivity contribution in [2.45, 2.75) is 20.8 Å². The molecule has 0 aliphatic carbocycles. The number of nitrogens with zero attached hydrogens (tertiary/aromatic N) is 1. The monoisotopic (exact) mass is 223 g/mol. The zero-order chi connectivity index (χ0) is 12.3. The number of carbonyl (C=O) groups excluding carboxylic acids is 1. The molecule has 0 amide bonds. The van der Waals surface area contributed by atoms with Gasteiger partial charge in [0.15, 0.2) is 6.29 Å². The molecule has 0 N–H and O–H groups in total. The van der Waals surface area contributed by atoms with Gasteiger partial charge in [-0.3, -0.25) is 4.79 Å². The summed E-state index contributed by atoms with van der Waals surface area (Å²) in [6.45, 7) is 7.06. The molecule has 1 aromatic carbocycles. The van der Waals surface area contributed by atoms with Crippen molar-refractivity contribution in [3.63, 3.8) is 0 Å². The van der Waals surface area contributed by atoms with Gasteiger partial charge in [-0.25, -0.2) is 4.39 Å². The van der Waals surface area contributed by atoms with Gasteiger partial charge in [-0.05, 0) is 17.5 Å². The Labute approximate surface area is 96.1 Å². The zero-order valence-corrected chi connectivity index (χ0v) is 10.2. The first-order valence-electron chi connectivity index (χ1n) is 5.30. The summed E-state index contributed by atoms with van der Waals surface area (Å²) in [5, 5.41) is 0. The van der Waals surface area contributed by atoms with Crippen LogP contribution >= 0.6 is 0 Å². The summed E-state index contributed by atoms with van der Waals surface area (Å²) < 4.78 is 13.4. The Hall–Kier alpha value is -1.38. The first-order valence-corrected chi connectivity index (χ1v) is 5.30. The number of anilines is 1. The summed E-state index contributed by atoms with van der Waals surface area (Å²) in [6, 6.07) is 4.69. The lowest BCUT2D eigenvalue weighted by atomic mass is 9.96. The molecule has 0 saturated carbocycles. The van der Waals surface area contributed by atoms with Crippen LogP contribution in [0.1, 0.15) is 31.1 Å².